The van der Waals surface area contributed by atoms with Crippen molar-refractivity contribution in [2.45, 2.75) is 0 Å². The monoisotopic (exact) mass is 627 g/mol. The lowest BCUT2D eigenvalue weighted by Crippen LogP contribution is -2.10. The number of fused-ring (bicyclic) bond motifs is 10. The van der Waals surface area contributed by atoms with Gasteiger partial charge < -0.3 is 4.90 Å². The number of thiophene rings is 1. The van der Waals surface area contributed by atoms with Gasteiger partial charge in [-0.15, -0.1) is 11.3 Å². The van der Waals surface area contributed by atoms with Gasteiger partial charge in [0, 0.05) is 26.8 Å². The largest absolute Gasteiger partial charge is 0.309 e. The third kappa shape index (κ3) is 4.24. The standard InChI is InChI=1S/C46H29NS/c1-2-10-30(11-3-1)34-14-8-15-36(28-34)47(42-19-9-18-41-45-39-17-7-5-13-32(39)24-27-43(45)48-46(41)42)37-25-26-40-35(29-37)23-22-33-21-20-31-12-4-6-16-38(31)44(33)40/h1-29H. The van der Waals surface area contributed by atoms with Crippen LogP contribution in [0.1, 0.15) is 0 Å². The van der Waals surface area contributed by atoms with Crippen LogP contribution in [0.3, 0.4) is 0 Å². The van der Waals surface area contributed by atoms with E-state index < -0.39 is 0 Å². The van der Waals surface area contributed by atoms with E-state index in [2.05, 4.69) is 181 Å². The molecule has 0 saturated carbocycles. The molecule has 0 N–H and O–H groups in total. The first kappa shape index (κ1) is 27.2. The van der Waals surface area contributed by atoms with Crippen LogP contribution in [0, 0.1) is 0 Å². The molecule has 48 heavy (non-hydrogen) atoms. The molecular formula is C46H29NS. The molecule has 10 aromatic rings. The Morgan fingerprint density at radius 1 is 0.354 bits per heavy atom. The van der Waals surface area contributed by atoms with Crippen LogP contribution < -0.4 is 4.90 Å². The van der Waals surface area contributed by atoms with E-state index in [1.165, 1.54) is 80.1 Å². The minimum absolute atomic E-state index is 1.14. The molecule has 0 unspecified atom stereocenters. The average Bonchev–Trinajstić information content (AvgIpc) is 3.55. The second kappa shape index (κ2) is 10.8. The number of rotatable bonds is 4. The molecule has 2 heteroatoms. The highest BCUT2D eigenvalue weighted by Crippen LogP contribution is 2.47. The fourth-order valence-corrected chi connectivity index (χ4v) is 8.80. The lowest BCUT2D eigenvalue weighted by Gasteiger charge is -2.27. The fourth-order valence-electron chi connectivity index (χ4n) is 7.57. The molecule has 1 aromatic heterocycles. The Balaban J connectivity index is 1.25. The summed E-state index contributed by atoms with van der Waals surface area (Å²) >= 11 is 1.89. The number of hydrogen-bond acceptors (Lipinski definition) is 2. The molecule has 0 aliphatic rings. The molecule has 0 saturated heterocycles. The minimum atomic E-state index is 1.14. The third-order valence-electron chi connectivity index (χ3n) is 9.79. The molecule has 224 valence electrons. The van der Waals surface area contributed by atoms with Crippen molar-refractivity contribution in [2.75, 3.05) is 4.90 Å². The molecule has 0 aliphatic heterocycles. The van der Waals surface area contributed by atoms with E-state index in [1.54, 1.807) is 0 Å². The summed E-state index contributed by atoms with van der Waals surface area (Å²) in [6.07, 6.45) is 0. The summed E-state index contributed by atoms with van der Waals surface area (Å²) in [5.74, 6) is 0. The van der Waals surface area contributed by atoms with Crippen LogP contribution in [0.15, 0.2) is 176 Å². The highest BCUT2D eigenvalue weighted by molar-refractivity contribution is 7.26. The molecule has 0 amide bonds. The molecule has 0 aliphatic carbocycles. The van der Waals surface area contributed by atoms with Gasteiger partial charge in [0.05, 0.1) is 10.4 Å². The molecular weight excluding hydrogens is 599 g/mol. The molecule has 1 nitrogen and oxygen atoms in total. The van der Waals surface area contributed by atoms with E-state index in [-0.39, 0.29) is 0 Å². The Bertz CT molecular complexity index is 2850. The molecule has 0 bridgehead atoms. The number of nitrogens with zero attached hydrogens (tertiary/aromatic N) is 1. The van der Waals surface area contributed by atoms with Crippen molar-refractivity contribution in [2.24, 2.45) is 0 Å². The van der Waals surface area contributed by atoms with Crippen LogP contribution in [0.2, 0.25) is 0 Å². The molecule has 1 heterocycles. The van der Waals surface area contributed by atoms with Gasteiger partial charge in [0.1, 0.15) is 0 Å². The first-order valence-corrected chi connectivity index (χ1v) is 17.2. The topological polar surface area (TPSA) is 3.24 Å². The first-order valence-electron chi connectivity index (χ1n) is 16.4. The van der Waals surface area contributed by atoms with E-state index in [0.717, 1.165) is 11.4 Å². The van der Waals surface area contributed by atoms with Crippen LogP contribution in [0.5, 0.6) is 0 Å². The second-order valence-electron chi connectivity index (χ2n) is 12.5. The van der Waals surface area contributed by atoms with Crippen LogP contribution >= 0.6 is 11.3 Å². The maximum atomic E-state index is 2.46. The zero-order chi connectivity index (χ0) is 31.6. The second-order valence-corrected chi connectivity index (χ2v) is 13.6. The molecule has 0 atom stereocenters. The normalized spacial score (nSPS) is 11.8. The average molecular weight is 628 g/mol. The first-order chi connectivity index (χ1) is 23.8. The minimum Gasteiger partial charge on any atom is -0.309 e. The zero-order valence-corrected chi connectivity index (χ0v) is 26.9. The highest BCUT2D eigenvalue weighted by atomic mass is 32.1. The number of anilines is 3. The SMILES string of the molecule is c1ccc(-c2cccc(N(c3ccc4c(ccc5ccc6ccccc6c54)c3)c3cccc4c3sc3ccc5ccccc5c34)c2)cc1. The predicted octanol–water partition coefficient (Wildman–Crippen LogP) is 13.8. The van der Waals surface area contributed by atoms with Crippen molar-refractivity contribution >= 4 is 91.7 Å². The van der Waals surface area contributed by atoms with Crippen LogP contribution in [-0.4, -0.2) is 0 Å². The molecule has 10 rings (SSSR count). The van der Waals surface area contributed by atoms with E-state index in [1.807, 2.05) is 11.3 Å². The van der Waals surface area contributed by atoms with Gasteiger partial charge >= 0.3 is 0 Å². The van der Waals surface area contributed by atoms with Gasteiger partial charge in [-0.05, 0) is 90.6 Å². The third-order valence-corrected chi connectivity index (χ3v) is 11.0. The zero-order valence-electron chi connectivity index (χ0n) is 26.1. The lowest BCUT2D eigenvalue weighted by molar-refractivity contribution is 1.31. The van der Waals surface area contributed by atoms with Gasteiger partial charge in [0.2, 0.25) is 0 Å². The predicted molar refractivity (Wildman–Crippen MR) is 209 cm³/mol. The summed E-state index contributed by atoms with van der Waals surface area (Å²) in [6.45, 7) is 0. The van der Waals surface area contributed by atoms with Gasteiger partial charge in [0.15, 0.2) is 0 Å². The van der Waals surface area contributed by atoms with Crippen molar-refractivity contribution in [1.29, 1.82) is 0 Å². The summed E-state index contributed by atoms with van der Waals surface area (Å²) in [6, 6.07) is 64.5. The van der Waals surface area contributed by atoms with Gasteiger partial charge in [-0.1, -0.05) is 140 Å². The summed E-state index contributed by atoms with van der Waals surface area (Å²) in [5, 5.41) is 12.9. The maximum absolute atomic E-state index is 2.46. The van der Waals surface area contributed by atoms with Crippen molar-refractivity contribution in [3.63, 3.8) is 0 Å². The van der Waals surface area contributed by atoms with Gasteiger partial charge in [-0.25, -0.2) is 0 Å². The summed E-state index contributed by atoms with van der Waals surface area (Å²) in [4.78, 5) is 2.46. The maximum Gasteiger partial charge on any atom is 0.0640 e. The number of hydrogen-bond donors (Lipinski definition) is 0. The van der Waals surface area contributed by atoms with E-state index >= 15 is 0 Å². The molecule has 9 aromatic carbocycles. The van der Waals surface area contributed by atoms with Crippen molar-refractivity contribution in [3.05, 3.63) is 176 Å². The van der Waals surface area contributed by atoms with Crippen LogP contribution in [0.25, 0.3) is 74.4 Å². The smallest absolute Gasteiger partial charge is 0.0640 e. The molecule has 0 spiro atoms. The lowest BCUT2D eigenvalue weighted by atomic mass is 9.96. The van der Waals surface area contributed by atoms with Crippen molar-refractivity contribution in [1.82, 2.24) is 0 Å². The Morgan fingerprint density at radius 3 is 1.79 bits per heavy atom. The molecule has 0 radical (unpaired) electrons. The fraction of sp³-hybridized carbons (Fsp3) is 0. The van der Waals surface area contributed by atoms with Crippen LogP contribution in [-0.2, 0) is 0 Å². The Labute approximate surface area is 282 Å². The van der Waals surface area contributed by atoms with Gasteiger partial charge in [0.25, 0.3) is 0 Å². The summed E-state index contributed by atoms with van der Waals surface area (Å²) in [7, 11) is 0. The molecule has 0 fully saturated rings. The van der Waals surface area contributed by atoms with Crippen molar-refractivity contribution in [3.8, 4) is 11.1 Å². The highest BCUT2D eigenvalue weighted by Gasteiger charge is 2.20. The number of benzene rings is 9. The quantitative estimate of drug-likeness (QED) is 0.176. The summed E-state index contributed by atoms with van der Waals surface area (Å²) < 4.78 is 2.60. The van der Waals surface area contributed by atoms with E-state index in [0.29, 0.717) is 0 Å². The van der Waals surface area contributed by atoms with E-state index in [9.17, 15) is 0 Å². The van der Waals surface area contributed by atoms with E-state index in [4.69, 9.17) is 0 Å². The van der Waals surface area contributed by atoms with Gasteiger partial charge in [-0.3, -0.25) is 0 Å². The van der Waals surface area contributed by atoms with Gasteiger partial charge in [-0.2, -0.15) is 0 Å². The Hall–Kier alpha value is -5.96. The summed E-state index contributed by atoms with van der Waals surface area (Å²) in [5.41, 5.74) is 5.88. The Kier molecular flexibility index (Phi) is 6.12. The Morgan fingerprint density at radius 2 is 0.958 bits per heavy atom. The van der Waals surface area contributed by atoms with Crippen LogP contribution in [0.4, 0.5) is 17.1 Å². The van der Waals surface area contributed by atoms with Crippen molar-refractivity contribution < 1.29 is 0 Å².